The molecule has 3 rings (SSSR count). The molecule has 1 aliphatic rings. The molecule has 0 aliphatic carbocycles. The normalized spacial score (nSPS) is 27.2. The zero-order valence-corrected chi connectivity index (χ0v) is 10.8. The van der Waals surface area contributed by atoms with Gasteiger partial charge in [0.2, 0.25) is 0 Å². The summed E-state index contributed by atoms with van der Waals surface area (Å²) in [5.74, 6) is 0. The summed E-state index contributed by atoms with van der Waals surface area (Å²) in [6.45, 7) is -0.199. The largest absolute Gasteiger partial charge is 0.394 e. The van der Waals surface area contributed by atoms with Gasteiger partial charge in [0.05, 0.1) is 18.1 Å². The number of nitrogens with two attached hydrogens (primary N) is 1. The lowest BCUT2D eigenvalue weighted by atomic mass is 10.2. The molecule has 0 bridgehead atoms. The smallest absolute Gasteiger partial charge is 0.146 e. The van der Waals surface area contributed by atoms with Crippen molar-refractivity contribution in [2.24, 2.45) is 5.14 Å². The van der Waals surface area contributed by atoms with Crippen LogP contribution < -0.4 is 5.14 Å². The van der Waals surface area contributed by atoms with Crippen LogP contribution in [0.2, 0.25) is 0 Å². The number of hydrogen-bond acceptors (Lipinski definition) is 7. The van der Waals surface area contributed by atoms with E-state index in [-0.39, 0.29) is 12.8 Å². The third kappa shape index (κ3) is 2.11. The van der Waals surface area contributed by atoms with Crippen molar-refractivity contribution < 1.29 is 14.9 Å². The van der Waals surface area contributed by atoms with Gasteiger partial charge in [0.15, 0.2) is 0 Å². The van der Waals surface area contributed by atoms with Crippen LogP contribution in [0, 0.1) is 0 Å². The number of rotatable bonds is 3. The Balaban J connectivity index is 1.98. The molecule has 4 N–H and O–H groups in total. The Hall–Kier alpha value is -1.19. The monoisotopic (exact) mass is 282 g/mol. The van der Waals surface area contributed by atoms with Gasteiger partial charge in [-0.25, -0.2) is 9.97 Å². The van der Waals surface area contributed by atoms with Crippen molar-refractivity contribution in [2.75, 3.05) is 6.61 Å². The van der Waals surface area contributed by atoms with Crippen LogP contribution in [0.3, 0.4) is 0 Å². The van der Waals surface area contributed by atoms with Crippen molar-refractivity contribution in [1.82, 2.24) is 14.5 Å². The highest BCUT2D eigenvalue weighted by Crippen LogP contribution is 2.32. The SMILES string of the molecule is NSc1ncnc2c1ccn2[C@H]1C[C@H](O)[C@@H](CO)O1. The van der Waals surface area contributed by atoms with Gasteiger partial charge in [-0.15, -0.1) is 0 Å². The Bertz CT molecular complexity index is 590. The lowest BCUT2D eigenvalue weighted by Crippen LogP contribution is -2.24. The first-order valence-corrected chi connectivity index (χ1v) is 6.75. The number of hydrogen-bond donors (Lipinski definition) is 3. The quantitative estimate of drug-likeness (QED) is 0.539. The van der Waals surface area contributed by atoms with E-state index < -0.39 is 12.2 Å². The lowest BCUT2D eigenvalue weighted by molar-refractivity contribution is -0.0430. The molecule has 2 aromatic heterocycles. The first-order chi connectivity index (χ1) is 9.24. The fraction of sp³-hybridized carbons (Fsp3) is 0.455. The number of ether oxygens (including phenoxy) is 1. The van der Waals surface area contributed by atoms with E-state index in [2.05, 4.69) is 9.97 Å². The van der Waals surface area contributed by atoms with Gasteiger partial charge in [-0.05, 0) is 18.0 Å². The molecule has 0 saturated carbocycles. The molecule has 0 amide bonds. The van der Waals surface area contributed by atoms with E-state index in [0.29, 0.717) is 17.1 Å². The van der Waals surface area contributed by atoms with Crippen molar-refractivity contribution in [2.45, 2.75) is 29.9 Å². The molecule has 1 fully saturated rings. The van der Waals surface area contributed by atoms with Crippen LogP contribution in [0.15, 0.2) is 23.6 Å². The Morgan fingerprint density at radius 1 is 1.53 bits per heavy atom. The molecule has 1 saturated heterocycles. The molecular weight excluding hydrogens is 268 g/mol. The molecule has 0 aromatic carbocycles. The molecule has 8 heteroatoms. The molecule has 0 unspecified atom stereocenters. The van der Waals surface area contributed by atoms with Gasteiger partial charge in [0, 0.05) is 12.6 Å². The van der Waals surface area contributed by atoms with Crippen molar-refractivity contribution in [3.05, 3.63) is 18.6 Å². The van der Waals surface area contributed by atoms with E-state index >= 15 is 0 Å². The summed E-state index contributed by atoms with van der Waals surface area (Å²) >= 11 is 1.07. The van der Waals surface area contributed by atoms with Gasteiger partial charge >= 0.3 is 0 Å². The predicted octanol–water partition coefficient (Wildman–Crippen LogP) is 0.0378. The van der Waals surface area contributed by atoms with Crippen LogP contribution in [-0.4, -0.2) is 43.6 Å². The highest BCUT2D eigenvalue weighted by molar-refractivity contribution is 7.97. The molecule has 102 valence electrons. The third-order valence-corrected chi connectivity index (χ3v) is 3.83. The Labute approximate surface area is 113 Å². The number of nitrogens with zero attached hydrogens (tertiary/aromatic N) is 3. The van der Waals surface area contributed by atoms with Crippen LogP contribution in [-0.2, 0) is 4.74 Å². The summed E-state index contributed by atoms with van der Waals surface area (Å²) in [5.41, 5.74) is 0.707. The van der Waals surface area contributed by atoms with E-state index in [1.165, 1.54) is 6.33 Å². The molecule has 19 heavy (non-hydrogen) atoms. The fourth-order valence-electron chi connectivity index (χ4n) is 2.32. The predicted molar refractivity (Wildman–Crippen MR) is 69.2 cm³/mol. The minimum atomic E-state index is -0.669. The summed E-state index contributed by atoms with van der Waals surface area (Å²) in [6, 6.07) is 1.87. The number of aromatic nitrogens is 3. The Kier molecular flexibility index (Phi) is 3.42. The summed E-state index contributed by atoms with van der Waals surface area (Å²) < 4.78 is 7.44. The van der Waals surface area contributed by atoms with Crippen LogP contribution in [0.25, 0.3) is 11.0 Å². The van der Waals surface area contributed by atoms with Gasteiger partial charge in [-0.3, -0.25) is 5.14 Å². The van der Waals surface area contributed by atoms with E-state index in [1.54, 1.807) is 0 Å². The third-order valence-electron chi connectivity index (χ3n) is 3.28. The molecule has 3 atom stereocenters. The first kappa shape index (κ1) is 12.8. The van der Waals surface area contributed by atoms with Crippen molar-refractivity contribution in [1.29, 1.82) is 0 Å². The van der Waals surface area contributed by atoms with E-state index in [0.717, 1.165) is 17.3 Å². The average molecular weight is 282 g/mol. The number of aliphatic hydroxyl groups is 2. The second-order valence-electron chi connectivity index (χ2n) is 4.37. The number of fused-ring (bicyclic) bond motifs is 1. The van der Waals surface area contributed by atoms with Gasteiger partial charge in [0.25, 0.3) is 0 Å². The average Bonchev–Trinajstić information content (AvgIpc) is 3.01. The van der Waals surface area contributed by atoms with Crippen LogP contribution >= 0.6 is 11.9 Å². The summed E-state index contributed by atoms with van der Waals surface area (Å²) in [4.78, 5) is 8.32. The minimum absolute atomic E-state index is 0.199. The summed E-state index contributed by atoms with van der Waals surface area (Å²) in [5, 5.41) is 26.0. The topological polar surface area (TPSA) is 106 Å². The molecule has 1 aliphatic heterocycles. The first-order valence-electron chi connectivity index (χ1n) is 5.87. The Morgan fingerprint density at radius 3 is 3.05 bits per heavy atom. The maximum atomic E-state index is 9.78. The van der Waals surface area contributed by atoms with E-state index in [9.17, 15) is 5.11 Å². The van der Waals surface area contributed by atoms with Crippen LogP contribution in [0.4, 0.5) is 0 Å². The summed E-state index contributed by atoms with van der Waals surface area (Å²) in [6.07, 6.45) is 2.14. The van der Waals surface area contributed by atoms with Crippen molar-refractivity contribution in [3.8, 4) is 0 Å². The second kappa shape index (κ2) is 5.06. The lowest BCUT2D eigenvalue weighted by Gasteiger charge is -2.14. The van der Waals surface area contributed by atoms with Gasteiger partial charge in [-0.2, -0.15) is 0 Å². The van der Waals surface area contributed by atoms with Crippen LogP contribution in [0.5, 0.6) is 0 Å². The minimum Gasteiger partial charge on any atom is -0.394 e. The maximum Gasteiger partial charge on any atom is 0.146 e. The maximum absolute atomic E-state index is 9.78. The molecule has 3 heterocycles. The molecule has 0 radical (unpaired) electrons. The fourth-order valence-corrected chi connectivity index (χ4v) is 2.72. The molecular formula is C11H14N4O3S. The van der Waals surface area contributed by atoms with Gasteiger partial charge < -0.3 is 19.5 Å². The van der Waals surface area contributed by atoms with E-state index in [4.69, 9.17) is 15.0 Å². The highest BCUT2D eigenvalue weighted by Gasteiger charge is 2.35. The highest BCUT2D eigenvalue weighted by atomic mass is 32.2. The molecule has 7 nitrogen and oxygen atoms in total. The van der Waals surface area contributed by atoms with Crippen molar-refractivity contribution >= 4 is 23.0 Å². The zero-order chi connectivity index (χ0) is 13.4. The standard InChI is InChI=1S/C11H14N4O3S/c12-19-11-6-1-2-15(10(6)13-5-14-11)9-3-7(17)8(4-16)18-9/h1-2,5,7-9,16-17H,3-4,12H2/t7-,8+,9+/m0/s1. The molecule has 2 aromatic rings. The van der Waals surface area contributed by atoms with E-state index in [1.807, 2.05) is 16.8 Å². The molecule has 0 spiro atoms. The second-order valence-corrected chi connectivity index (χ2v) is 4.99. The van der Waals surface area contributed by atoms with Gasteiger partial charge in [0.1, 0.15) is 29.3 Å². The Morgan fingerprint density at radius 2 is 2.37 bits per heavy atom. The zero-order valence-electron chi connectivity index (χ0n) is 10.0. The van der Waals surface area contributed by atoms with Crippen LogP contribution in [0.1, 0.15) is 12.6 Å². The van der Waals surface area contributed by atoms with Crippen molar-refractivity contribution in [3.63, 3.8) is 0 Å². The number of aliphatic hydroxyl groups excluding tert-OH is 2. The van der Waals surface area contributed by atoms with Gasteiger partial charge in [-0.1, -0.05) is 0 Å². The summed E-state index contributed by atoms with van der Waals surface area (Å²) in [7, 11) is 0.